The Bertz CT molecular complexity index is 635. The van der Waals surface area contributed by atoms with E-state index in [0.29, 0.717) is 16.5 Å². The lowest BCUT2D eigenvalue weighted by Gasteiger charge is -2.15. The van der Waals surface area contributed by atoms with Crippen molar-refractivity contribution >= 4 is 22.8 Å². The van der Waals surface area contributed by atoms with E-state index < -0.39 is 29.6 Å². The van der Waals surface area contributed by atoms with Crippen LogP contribution in [-0.4, -0.2) is 27.1 Å². The number of aliphatic carboxylic acids is 2. The van der Waals surface area contributed by atoms with Crippen molar-refractivity contribution in [2.45, 2.75) is 12.8 Å². The molecule has 0 bridgehead atoms. The number of benzene rings is 1. The monoisotopic (exact) mass is 265 g/mol. The molecule has 1 unspecified atom stereocenters. The lowest BCUT2D eigenvalue weighted by molar-refractivity contribution is -0.155. The molecule has 5 nitrogen and oxygen atoms in total. The first-order valence-corrected chi connectivity index (χ1v) is 5.64. The highest BCUT2D eigenvalue weighted by atomic mass is 19.1. The van der Waals surface area contributed by atoms with E-state index in [0.717, 1.165) is 0 Å². The van der Waals surface area contributed by atoms with Crippen molar-refractivity contribution in [2.75, 3.05) is 0 Å². The van der Waals surface area contributed by atoms with Gasteiger partial charge in [-0.3, -0.25) is 9.59 Å². The maximum absolute atomic E-state index is 13.2. The summed E-state index contributed by atoms with van der Waals surface area (Å²) in [5.41, 5.74) is 1.11. The van der Waals surface area contributed by atoms with Gasteiger partial charge >= 0.3 is 11.9 Å². The zero-order valence-corrected chi connectivity index (χ0v) is 10.1. The van der Waals surface area contributed by atoms with Gasteiger partial charge in [-0.2, -0.15) is 0 Å². The van der Waals surface area contributed by atoms with Gasteiger partial charge in [0.15, 0.2) is 5.92 Å². The molecular formula is C13H12FNO4. The number of aromatic nitrogens is 1. The van der Waals surface area contributed by atoms with Crippen LogP contribution >= 0.6 is 0 Å². The van der Waals surface area contributed by atoms with Crippen LogP contribution in [0, 0.1) is 11.7 Å². The van der Waals surface area contributed by atoms with Gasteiger partial charge in [-0.15, -0.1) is 0 Å². The van der Waals surface area contributed by atoms with Crippen LogP contribution in [0.15, 0.2) is 24.4 Å². The predicted molar refractivity (Wildman–Crippen MR) is 65.4 cm³/mol. The van der Waals surface area contributed by atoms with Crippen molar-refractivity contribution in [2.24, 2.45) is 5.92 Å². The molecule has 0 aliphatic rings. The molecule has 0 aliphatic heterocycles. The molecule has 1 aromatic heterocycles. The summed E-state index contributed by atoms with van der Waals surface area (Å²) >= 11 is 0. The van der Waals surface area contributed by atoms with Crippen LogP contribution in [0.5, 0.6) is 0 Å². The Kier molecular flexibility index (Phi) is 3.25. The van der Waals surface area contributed by atoms with Crippen LogP contribution in [0.3, 0.4) is 0 Å². The third kappa shape index (κ3) is 2.29. The van der Waals surface area contributed by atoms with E-state index in [1.807, 2.05) is 0 Å². The Morgan fingerprint density at radius 1 is 1.26 bits per heavy atom. The number of halogens is 1. The molecule has 1 atom stereocenters. The number of H-pyrrole nitrogens is 1. The highest BCUT2D eigenvalue weighted by Gasteiger charge is 2.34. The number of hydrogen-bond acceptors (Lipinski definition) is 2. The minimum absolute atomic E-state index is 0.456. The third-order valence-electron chi connectivity index (χ3n) is 3.20. The number of rotatable bonds is 4. The Balaban J connectivity index is 2.51. The molecule has 2 rings (SSSR count). The summed E-state index contributed by atoms with van der Waals surface area (Å²) < 4.78 is 13.2. The highest BCUT2D eigenvalue weighted by Crippen LogP contribution is 2.31. The molecule has 0 radical (unpaired) electrons. The minimum atomic E-state index is -1.57. The zero-order chi connectivity index (χ0) is 14.2. The highest BCUT2D eigenvalue weighted by molar-refractivity contribution is 5.95. The fourth-order valence-corrected chi connectivity index (χ4v) is 2.20. The fourth-order valence-electron chi connectivity index (χ4n) is 2.20. The van der Waals surface area contributed by atoms with Crippen LogP contribution in [0.1, 0.15) is 18.4 Å². The number of nitrogens with one attached hydrogen (secondary N) is 1. The standard InChI is InChI=1S/C13H12FNO4/c1-6(11(12(16)17)13(18)19)9-5-15-10-3-2-7(14)4-8(9)10/h2-6,11,15H,1H3,(H,16,17)(H,18,19). The van der Waals surface area contributed by atoms with Crippen molar-refractivity contribution in [1.82, 2.24) is 4.98 Å². The smallest absolute Gasteiger partial charge is 0.318 e. The summed E-state index contributed by atoms with van der Waals surface area (Å²) in [5.74, 6) is -5.62. The Morgan fingerprint density at radius 3 is 2.47 bits per heavy atom. The summed E-state index contributed by atoms with van der Waals surface area (Å²) in [6.07, 6.45) is 1.52. The molecular weight excluding hydrogens is 253 g/mol. The van der Waals surface area contributed by atoms with Crippen LogP contribution < -0.4 is 0 Å². The molecule has 0 saturated carbocycles. The van der Waals surface area contributed by atoms with Crippen molar-refractivity contribution in [3.8, 4) is 0 Å². The average molecular weight is 265 g/mol. The second kappa shape index (κ2) is 4.72. The maximum Gasteiger partial charge on any atom is 0.318 e. The van der Waals surface area contributed by atoms with Gasteiger partial charge in [0.05, 0.1) is 0 Å². The molecule has 3 N–H and O–H groups in total. The van der Waals surface area contributed by atoms with E-state index in [9.17, 15) is 14.0 Å². The van der Waals surface area contributed by atoms with Gasteiger partial charge in [-0.1, -0.05) is 6.92 Å². The summed E-state index contributed by atoms with van der Waals surface area (Å²) in [7, 11) is 0. The van der Waals surface area contributed by atoms with E-state index in [4.69, 9.17) is 10.2 Å². The van der Waals surface area contributed by atoms with Crippen molar-refractivity contribution in [3.63, 3.8) is 0 Å². The number of carboxylic acid groups (broad SMARTS) is 2. The Morgan fingerprint density at radius 2 is 1.89 bits per heavy atom. The van der Waals surface area contributed by atoms with Gasteiger partial charge in [0.2, 0.25) is 0 Å². The number of hydrogen-bond donors (Lipinski definition) is 3. The van der Waals surface area contributed by atoms with Gasteiger partial charge < -0.3 is 15.2 Å². The largest absolute Gasteiger partial charge is 0.481 e. The molecule has 1 heterocycles. The number of carbonyl (C=O) groups is 2. The van der Waals surface area contributed by atoms with E-state index in [1.54, 1.807) is 0 Å². The van der Waals surface area contributed by atoms with Crippen LogP contribution in [-0.2, 0) is 9.59 Å². The molecule has 0 aliphatic carbocycles. The molecule has 0 spiro atoms. The quantitative estimate of drug-likeness (QED) is 0.739. The SMILES string of the molecule is CC(c1c[nH]c2ccc(F)cc12)C(C(=O)O)C(=O)O. The molecule has 6 heteroatoms. The van der Waals surface area contributed by atoms with Gasteiger partial charge in [-0.25, -0.2) is 4.39 Å². The number of aromatic amines is 1. The molecule has 0 fully saturated rings. The normalized spacial score (nSPS) is 12.8. The second-order valence-electron chi connectivity index (χ2n) is 4.38. The maximum atomic E-state index is 13.2. The van der Waals surface area contributed by atoms with Crippen molar-refractivity contribution in [1.29, 1.82) is 0 Å². The van der Waals surface area contributed by atoms with Crippen molar-refractivity contribution in [3.05, 3.63) is 35.8 Å². The topological polar surface area (TPSA) is 90.4 Å². The van der Waals surface area contributed by atoms with Gasteiger partial charge in [0, 0.05) is 23.0 Å². The van der Waals surface area contributed by atoms with Gasteiger partial charge in [0.25, 0.3) is 0 Å². The van der Waals surface area contributed by atoms with E-state index in [-0.39, 0.29) is 0 Å². The number of carboxylic acids is 2. The van der Waals surface area contributed by atoms with E-state index in [1.165, 1.54) is 31.3 Å². The molecule has 2 aromatic rings. The van der Waals surface area contributed by atoms with E-state index >= 15 is 0 Å². The molecule has 0 amide bonds. The summed E-state index contributed by atoms with van der Waals surface area (Å²) in [5, 5.41) is 18.4. The zero-order valence-electron chi connectivity index (χ0n) is 10.1. The van der Waals surface area contributed by atoms with Crippen LogP contribution in [0.2, 0.25) is 0 Å². The summed E-state index contributed by atoms with van der Waals surface area (Å²) in [6.45, 7) is 1.50. The first-order valence-electron chi connectivity index (χ1n) is 5.64. The summed E-state index contributed by atoms with van der Waals surface area (Å²) in [6, 6.07) is 4.06. The second-order valence-corrected chi connectivity index (χ2v) is 4.38. The Labute approximate surface area is 107 Å². The molecule has 1 aromatic carbocycles. The van der Waals surface area contributed by atoms with E-state index in [2.05, 4.69) is 4.98 Å². The van der Waals surface area contributed by atoms with Crippen molar-refractivity contribution < 1.29 is 24.2 Å². The lowest BCUT2D eigenvalue weighted by atomic mass is 9.87. The average Bonchev–Trinajstić information content (AvgIpc) is 2.70. The first kappa shape index (κ1) is 13.1. The lowest BCUT2D eigenvalue weighted by Crippen LogP contribution is -2.28. The third-order valence-corrected chi connectivity index (χ3v) is 3.20. The Hall–Kier alpha value is -2.37. The molecule has 19 heavy (non-hydrogen) atoms. The first-order chi connectivity index (χ1) is 8.91. The molecule has 100 valence electrons. The number of fused-ring (bicyclic) bond motifs is 1. The predicted octanol–water partition coefficient (Wildman–Crippen LogP) is 2.20. The summed E-state index contributed by atoms with van der Waals surface area (Å²) in [4.78, 5) is 24.9. The van der Waals surface area contributed by atoms with Crippen LogP contribution in [0.4, 0.5) is 4.39 Å². The van der Waals surface area contributed by atoms with Crippen LogP contribution in [0.25, 0.3) is 10.9 Å². The molecule has 0 saturated heterocycles. The minimum Gasteiger partial charge on any atom is -0.481 e. The van der Waals surface area contributed by atoms with Gasteiger partial charge in [-0.05, 0) is 23.8 Å². The fraction of sp³-hybridized carbons (Fsp3) is 0.231. The van der Waals surface area contributed by atoms with Gasteiger partial charge in [0.1, 0.15) is 5.82 Å².